The average molecular weight is 576 g/mol. The Labute approximate surface area is 226 Å². The van der Waals surface area contributed by atoms with Crippen LogP contribution in [-0.2, 0) is 4.84 Å². The molecule has 0 bridgehead atoms. The first-order chi connectivity index (χ1) is 17.9. The van der Waals surface area contributed by atoms with E-state index in [4.69, 9.17) is 4.84 Å². The number of nitrogens with zero attached hydrogens (tertiary/aromatic N) is 3. The summed E-state index contributed by atoms with van der Waals surface area (Å²) in [5.41, 5.74) is 5.71. The topological polar surface area (TPSA) is 72.1 Å². The summed E-state index contributed by atoms with van der Waals surface area (Å²) in [6.07, 6.45) is 3.21. The van der Waals surface area contributed by atoms with Gasteiger partial charge in [0, 0.05) is 42.9 Å². The second-order valence-electron chi connectivity index (χ2n) is 10.4. The molecule has 2 fully saturated rings. The second kappa shape index (κ2) is 11.6. The fourth-order valence-electron chi connectivity index (χ4n) is 4.84. The standard InChI is InChI=1S/C27H36BrFN6O2/c1-18-14-20(28)6-7-22(18)31-25-21(27(36)32-37-16-19-4-5-19)15-23-26(24(25)29)30-17-35(23)9-3-8-34-12-10-33(2)11-13-34/h6-7,14-15,19,30-31H,3-5,8-13,16-17H2,1-2H3,(H,32,36). The van der Waals surface area contributed by atoms with Gasteiger partial charge in [-0.1, -0.05) is 15.9 Å². The minimum absolute atomic E-state index is 0.142. The molecule has 0 radical (unpaired) electrons. The van der Waals surface area contributed by atoms with Gasteiger partial charge in [-0.15, -0.1) is 0 Å². The van der Waals surface area contributed by atoms with Crippen LogP contribution in [0.15, 0.2) is 28.7 Å². The molecule has 37 heavy (non-hydrogen) atoms. The number of hydrogen-bond acceptors (Lipinski definition) is 7. The molecule has 0 unspecified atom stereocenters. The van der Waals surface area contributed by atoms with Crippen molar-refractivity contribution in [2.45, 2.75) is 26.2 Å². The Hall–Kier alpha value is -2.40. The molecule has 1 saturated carbocycles. The first-order valence-corrected chi connectivity index (χ1v) is 13.9. The summed E-state index contributed by atoms with van der Waals surface area (Å²) < 4.78 is 16.9. The van der Waals surface area contributed by atoms with Gasteiger partial charge in [0.1, 0.15) is 0 Å². The number of fused-ring (bicyclic) bond motifs is 1. The lowest BCUT2D eigenvalue weighted by atomic mass is 10.1. The molecule has 1 saturated heterocycles. The number of rotatable bonds is 10. The lowest BCUT2D eigenvalue weighted by molar-refractivity contribution is 0.0271. The summed E-state index contributed by atoms with van der Waals surface area (Å²) in [6, 6.07) is 7.49. The van der Waals surface area contributed by atoms with E-state index in [1.807, 2.05) is 25.1 Å². The molecule has 2 aliphatic heterocycles. The largest absolute Gasteiger partial charge is 0.364 e. The molecule has 0 aromatic heterocycles. The van der Waals surface area contributed by atoms with Gasteiger partial charge in [-0.25, -0.2) is 9.87 Å². The molecule has 5 rings (SSSR count). The summed E-state index contributed by atoms with van der Waals surface area (Å²) in [5, 5.41) is 6.40. The predicted molar refractivity (Wildman–Crippen MR) is 149 cm³/mol. The van der Waals surface area contributed by atoms with Crippen molar-refractivity contribution in [1.82, 2.24) is 15.3 Å². The van der Waals surface area contributed by atoms with Gasteiger partial charge in [0.05, 0.1) is 35.9 Å². The van der Waals surface area contributed by atoms with Gasteiger partial charge in [-0.2, -0.15) is 0 Å². The molecule has 0 atom stereocenters. The van der Waals surface area contributed by atoms with E-state index in [1.165, 1.54) is 0 Å². The molecule has 8 nitrogen and oxygen atoms in total. The Kier molecular flexibility index (Phi) is 8.18. The van der Waals surface area contributed by atoms with Crippen LogP contribution in [0.2, 0.25) is 0 Å². The maximum Gasteiger partial charge on any atom is 0.277 e. The van der Waals surface area contributed by atoms with Crippen molar-refractivity contribution in [2.75, 3.05) is 75.1 Å². The number of amides is 1. The van der Waals surface area contributed by atoms with Gasteiger partial charge in [-0.05, 0) is 75.5 Å². The smallest absolute Gasteiger partial charge is 0.277 e. The number of hydroxylamine groups is 1. The summed E-state index contributed by atoms with van der Waals surface area (Å²) >= 11 is 3.47. The number of benzene rings is 2. The Morgan fingerprint density at radius 3 is 2.70 bits per heavy atom. The predicted octanol–water partition coefficient (Wildman–Crippen LogP) is 4.54. The molecular formula is C27H36BrFN6O2. The molecule has 3 aliphatic rings. The molecule has 0 spiro atoms. The highest BCUT2D eigenvalue weighted by Gasteiger charge is 2.30. The quantitative estimate of drug-likeness (QED) is 0.360. The Balaban J connectivity index is 1.35. The average Bonchev–Trinajstić information content (AvgIpc) is 3.61. The van der Waals surface area contributed by atoms with Gasteiger partial charge >= 0.3 is 0 Å². The van der Waals surface area contributed by atoms with Crippen LogP contribution in [-0.4, -0.2) is 75.3 Å². The van der Waals surface area contributed by atoms with Gasteiger partial charge in [0.2, 0.25) is 0 Å². The van der Waals surface area contributed by atoms with Crippen LogP contribution < -0.4 is 21.0 Å². The molecule has 2 aromatic carbocycles. The first-order valence-electron chi connectivity index (χ1n) is 13.1. The van der Waals surface area contributed by atoms with Crippen molar-refractivity contribution < 1.29 is 14.0 Å². The van der Waals surface area contributed by atoms with Gasteiger partial charge in [0.15, 0.2) is 5.82 Å². The third-order valence-corrected chi connectivity index (χ3v) is 7.90. The third-order valence-electron chi connectivity index (χ3n) is 7.40. The maximum absolute atomic E-state index is 16.0. The zero-order valence-electron chi connectivity index (χ0n) is 21.6. The lowest BCUT2D eigenvalue weighted by Gasteiger charge is -2.32. The highest BCUT2D eigenvalue weighted by atomic mass is 79.9. The fraction of sp³-hybridized carbons (Fsp3) is 0.519. The number of carbonyl (C=O) groups is 1. The van der Waals surface area contributed by atoms with Gasteiger partial charge in [0.25, 0.3) is 5.91 Å². The number of nitrogens with one attached hydrogen (secondary N) is 3. The Bertz CT molecular complexity index is 1140. The minimum Gasteiger partial charge on any atom is -0.364 e. The summed E-state index contributed by atoms with van der Waals surface area (Å²) in [7, 11) is 2.16. The molecule has 10 heteroatoms. The van der Waals surface area contributed by atoms with E-state index in [1.54, 1.807) is 6.07 Å². The van der Waals surface area contributed by atoms with Crippen LogP contribution in [0.1, 0.15) is 35.2 Å². The van der Waals surface area contributed by atoms with Crippen molar-refractivity contribution in [1.29, 1.82) is 0 Å². The normalized spacial score (nSPS) is 18.0. The molecule has 2 heterocycles. The highest BCUT2D eigenvalue weighted by Crippen LogP contribution is 2.41. The SMILES string of the molecule is Cc1cc(Br)ccc1Nc1c(C(=O)NOCC2CC2)cc2c(c1F)NCN2CCCN1CCN(C)CC1. The fourth-order valence-corrected chi connectivity index (χ4v) is 5.31. The van der Waals surface area contributed by atoms with Crippen LogP contribution in [0.3, 0.4) is 0 Å². The van der Waals surface area contributed by atoms with Gasteiger partial charge < -0.3 is 25.3 Å². The van der Waals surface area contributed by atoms with Crippen LogP contribution in [0.4, 0.5) is 27.1 Å². The van der Waals surface area contributed by atoms with E-state index in [0.717, 1.165) is 74.3 Å². The third kappa shape index (κ3) is 6.37. The Morgan fingerprint density at radius 2 is 1.97 bits per heavy atom. The number of anilines is 4. The monoisotopic (exact) mass is 574 g/mol. The van der Waals surface area contributed by atoms with E-state index < -0.39 is 11.7 Å². The number of halogens is 2. The molecule has 1 aliphatic carbocycles. The van der Waals surface area contributed by atoms with E-state index in [0.29, 0.717) is 30.6 Å². The van der Waals surface area contributed by atoms with E-state index >= 15 is 4.39 Å². The first kappa shape index (κ1) is 26.2. The van der Waals surface area contributed by atoms with Crippen LogP contribution >= 0.6 is 15.9 Å². The van der Waals surface area contributed by atoms with Gasteiger partial charge in [-0.3, -0.25) is 9.63 Å². The Morgan fingerprint density at radius 1 is 1.19 bits per heavy atom. The van der Waals surface area contributed by atoms with Crippen molar-refractivity contribution in [3.8, 4) is 0 Å². The number of piperazine rings is 1. The highest BCUT2D eigenvalue weighted by molar-refractivity contribution is 9.10. The van der Waals surface area contributed by atoms with Crippen molar-refractivity contribution in [3.63, 3.8) is 0 Å². The van der Waals surface area contributed by atoms with E-state index in [-0.39, 0.29) is 11.3 Å². The molecule has 1 amide bonds. The summed E-state index contributed by atoms with van der Waals surface area (Å²) in [4.78, 5) is 25.6. The number of hydrogen-bond donors (Lipinski definition) is 3. The molecule has 3 N–H and O–H groups in total. The zero-order valence-corrected chi connectivity index (χ0v) is 23.2. The lowest BCUT2D eigenvalue weighted by Crippen LogP contribution is -2.45. The van der Waals surface area contributed by atoms with Crippen LogP contribution in [0.5, 0.6) is 0 Å². The summed E-state index contributed by atoms with van der Waals surface area (Å²) in [5.74, 6) is -0.419. The van der Waals surface area contributed by atoms with E-state index in [2.05, 4.69) is 53.8 Å². The number of carbonyl (C=O) groups excluding carboxylic acids is 1. The van der Waals surface area contributed by atoms with Crippen molar-refractivity contribution >= 4 is 44.6 Å². The maximum atomic E-state index is 16.0. The molecule has 2 aromatic rings. The number of aryl methyl sites for hydroxylation is 1. The molecule has 200 valence electrons. The van der Waals surface area contributed by atoms with Crippen molar-refractivity contribution in [3.05, 3.63) is 45.7 Å². The minimum atomic E-state index is -0.464. The van der Waals surface area contributed by atoms with Crippen molar-refractivity contribution in [2.24, 2.45) is 5.92 Å². The molecular weight excluding hydrogens is 539 g/mol. The van der Waals surface area contributed by atoms with Crippen LogP contribution in [0, 0.1) is 18.7 Å². The summed E-state index contributed by atoms with van der Waals surface area (Å²) in [6.45, 7) is 9.06. The van der Waals surface area contributed by atoms with Crippen LogP contribution in [0.25, 0.3) is 0 Å². The van der Waals surface area contributed by atoms with E-state index in [9.17, 15) is 4.79 Å². The zero-order chi connectivity index (χ0) is 25.9. The second-order valence-corrected chi connectivity index (χ2v) is 11.3. The number of likely N-dealkylation sites (N-methyl/N-ethyl adjacent to an activating group) is 1.